The summed E-state index contributed by atoms with van der Waals surface area (Å²) >= 11 is 1.50. The van der Waals surface area contributed by atoms with Gasteiger partial charge in [0.1, 0.15) is 29.2 Å². The predicted molar refractivity (Wildman–Crippen MR) is 147 cm³/mol. The van der Waals surface area contributed by atoms with Crippen LogP contribution >= 0.6 is 11.8 Å². The number of nitrogens with zero attached hydrogens (tertiary/aromatic N) is 1. The Bertz CT molecular complexity index is 1060. The fraction of sp³-hybridized carbons (Fsp3) is 0.444. The number of phenolic OH excluding ortho intramolecular Hbond substituents is 1. The standard InChI is InChI=1S/C27H37N3O7S/c1-27(2,3)37-26(35)29-22(14-17-38-5)25(34)30(15-16-31)23(18-6-10-20(32)11-7-18)24(33)28-19-8-12-21(36-4)13-9-19/h6-13,22-23,31-32H,14-17H2,1-5H3,(H,28,33)(H,29,35). The topological polar surface area (TPSA) is 137 Å². The van der Waals surface area contributed by atoms with Crippen molar-refractivity contribution < 1.29 is 34.1 Å². The summed E-state index contributed by atoms with van der Waals surface area (Å²) in [6.07, 6.45) is 1.40. The van der Waals surface area contributed by atoms with Crippen LogP contribution in [-0.4, -0.2) is 76.9 Å². The molecule has 2 aromatic carbocycles. The smallest absolute Gasteiger partial charge is 0.408 e. The Balaban J connectivity index is 2.44. The Kier molecular flexibility index (Phi) is 11.7. The molecule has 0 saturated heterocycles. The van der Waals surface area contributed by atoms with E-state index in [1.54, 1.807) is 45.0 Å². The number of aliphatic hydroxyl groups excluding tert-OH is 1. The summed E-state index contributed by atoms with van der Waals surface area (Å²) in [7, 11) is 1.53. The van der Waals surface area contributed by atoms with Gasteiger partial charge in [0.05, 0.1) is 13.7 Å². The number of nitrogens with one attached hydrogen (secondary N) is 2. The molecule has 0 heterocycles. The number of thioether (sulfide) groups is 1. The van der Waals surface area contributed by atoms with Gasteiger partial charge < -0.3 is 35.2 Å². The lowest BCUT2D eigenvalue weighted by molar-refractivity contribution is -0.141. The molecule has 4 N–H and O–H groups in total. The number of anilines is 1. The molecule has 208 valence electrons. The molecule has 0 bridgehead atoms. The quantitative estimate of drug-likeness (QED) is 0.317. The Morgan fingerprint density at radius 1 is 1.05 bits per heavy atom. The van der Waals surface area contributed by atoms with Crippen molar-refractivity contribution in [3.05, 3.63) is 54.1 Å². The van der Waals surface area contributed by atoms with Crippen LogP contribution in [-0.2, 0) is 14.3 Å². The molecule has 10 nitrogen and oxygen atoms in total. The third kappa shape index (κ3) is 9.46. The highest BCUT2D eigenvalue weighted by atomic mass is 32.2. The summed E-state index contributed by atoms with van der Waals surface area (Å²) in [5.41, 5.74) is 0.118. The molecule has 2 aromatic rings. The number of carbonyl (C=O) groups excluding carboxylic acids is 3. The molecule has 2 atom stereocenters. The number of amides is 3. The van der Waals surface area contributed by atoms with Crippen molar-refractivity contribution in [1.29, 1.82) is 0 Å². The first-order valence-electron chi connectivity index (χ1n) is 12.1. The van der Waals surface area contributed by atoms with Crippen LogP contribution in [0.4, 0.5) is 10.5 Å². The maximum absolute atomic E-state index is 13.9. The fourth-order valence-corrected chi connectivity index (χ4v) is 4.10. The normalized spacial score (nSPS) is 12.7. The molecule has 38 heavy (non-hydrogen) atoms. The van der Waals surface area contributed by atoms with E-state index in [0.717, 1.165) is 0 Å². The number of aromatic hydroxyl groups is 1. The summed E-state index contributed by atoms with van der Waals surface area (Å²) in [5, 5.41) is 25.1. The molecule has 0 radical (unpaired) electrons. The monoisotopic (exact) mass is 547 g/mol. The van der Waals surface area contributed by atoms with Gasteiger partial charge in [0.2, 0.25) is 5.91 Å². The molecule has 0 spiro atoms. The highest BCUT2D eigenvalue weighted by molar-refractivity contribution is 7.98. The van der Waals surface area contributed by atoms with E-state index in [9.17, 15) is 24.6 Å². The average Bonchev–Trinajstić information content (AvgIpc) is 2.86. The lowest BCUT2D eigenvalue weighted by Crippen LogP contribution is -2.53. The molecular weight excluding hydrogens is 510 g/mol. The van der Waals surface area contributed by atoms with Crippen LogP contribution in [0.2, 0.25) is 0 Å². The number of hydrogen-bond donors (Lipinski definition) is 4. The molecule has 3 amide bonds. The second-order valence-corrected chi connectivity index (χ2v) is 10.4. The van der Waals surface area contributed by atoms with Crippen molar-refractivity contribution in [1.82, 2.24) is 10.2 Å². The fourth-order valence-electron chi connectivity index (χ4n) is 3.63. The third-order valence-corrected chi connectivity index (χ3v) is 5.99. The number of carbonyl (C=O) groups is 3. The maximum atomic E-state index is 13.9. The first-order valence-corrected chi connectivity index (χ1v) is 13.5. The summed E-state index contributed by atoms with van der Waals surface area (Å²) in [5.74, 6) is 0.0687. The molecule has 0 aliphatic rings. The van der Waals surface area contributed by atoms with E-state index >= 15 is 0 Å². The van der Waals surface area contributed by atoms with E-state index in [-0.39, 0.29) is 18.7 Å². The van der Waals surface area contributed by atoms with Crippen LogP contribution in [0.25, 0.3) is 0 Å². The first kappa shape index (κ1) is 30.8. The van der Waals surface area contributed by atoms with Gasteiger partial charge in [0.15, 0.2) is 0 Å². The summed E-state index contributed by atoms with van der Waals surface area (Å²) in [6, 6.07) is 10.4. The second kappa shape index (κ2) is 14.5. The Labute approximate surface area is 227 Å². The van der Waals surface area contributed by atoms with E-state index < -0.39 is 42.2 Å². The number of rotatable bonds is 12. The molecule has 0 aromatic heterocycles. The van der Waals surface area contributed by atoms with Gasteiger partial charge in [0, 0.05) is 12.2 Å². The van der Waals surface area contributed by atoms with Gasteiger partial charge >= 0.3 is 6.09 Å². The SMILES string of the molecule is COc1ccc(NC(=O)C(c2ccc(O)cc2)N(CCO)C(=O)C(CCSC)NC(=O)OC(C)(C)C)cc1. The van der Waals surface area contributed by atoms with E-state index in [0.29, 0.717) is 22.8 Å². The van der Waals surface area contributed by atoms with E-state index in [4.69, 9.17) is 9.47 Å². The van der Waals surface area contributed by atoms with Gasteiger partial charge in [-0.2, -0.15) is 11.8 Å². The van der Waals surface area contributed by atoms with Crippen LogP contribution in [0.15, 0.2) is 48.5 Å². The van der Waals surface area contributed by atoms with E-state index in [2.05, 4.69) is 10.6 Å². The largest absolute Gasteiger partial charge is 0.508 e. The highest BCUT2D eigenvalue weighted by Crippen LogP contribution is 2.27. The third-order valence-electron chi connectivity index (χ3n) is 5.35. The Morgan fingerprint density at radius 3 is 2.21 bits per heavy atom. The van der Waals surface area contributed by atoms with Gasteiger partial charge in [0.25, 0.3) is 5.91 Å². The number of ether oxygens (including phenoxy) is 2. The van der Waals surface area contributed by atoms with Crippen LogP contribution in [0.5, 0.6) is 11.5 Å². The van der Waals surface area contributed by atoms with Crippen LogP contribution in [0.3, 0.4) is 0 Å². The molecule has 2 unspecified atom stereocenters. The number of phenols is 1. The molecule has 0 saturated carbocycles. The van der Waals surface area contributed by atoms with Crippen molar-refractivity contribution in [2.24, 2.45) is 0 Å². The van der Waals surface area contributed by atoms with Gasteiger partial charge in [-0.1, -0.05) is 12.1 Å². The maximum Gasteiger partial charge on any atom is 0.408 e. The number of aliphatic hydroxyl groups is 1. The molecule has 11 heteroatoms. The second-order valence-electron chi connectivity index (χ2n) is 9.45. The lowest BCUT2D eigenvalue weighted by atomic mass is 10.0. The van der Waals surface area contributed by atoms with Gasteiger partial charge in [-0.05, 0) is 81.2 Å². The van der Waals surface area contributed by atoms with Crippen LogP contribution in [0.1, 0.15) is 38.8 Å². The molecule has 2 rings (SSSR count). The minimum atomic E-state index is -1.17. The van der Waals surface area contributed by atoms with Crippen molar-refractivity contribution >= 4 is 35.4 Å². The van der Waals surface area contributed by atoms with E-state index in [1.165, 1.54) is 48.0 Å². The van der Waals surface area contributed by atoms with Gasteiger partial charge in [-0.3, -0.25) is 9.59 Å². The van der Waals surface area contributed by atoms with Crippen molar-refractivity contribution in [2.75, 3.05) is 37.6 Å². The summed E-state index contributed by atoms with van der Waals surface area (Å²) < 4.78 is 10.5. The van der Waals surface area contributed by atoms with Crippen LogP contribution < -0.4 is 15.4 Å². The zero-order chi connectivity index (χ0) is 28.3. The number of hydrogen-bond acceptors (Lipinski definition) is 8. The number of benzene rings is 2. The van der Waals surface area contributed by atoms with Crippen molar-refractivity contribution in [2.45, 2.75) is 44.9 Å². The molecular formula is C27H37N3O7S. The van der Waals surface area contributed by atoms with Crippen molar-refractivity contribution in [3.63, 3.8) is 0 Å². The minimum Gasteiger partial charge on any atom is -0.508 e. The summed E-state index contributed by atoms with van der Waals surface area (Å²) in [4.78, 5) is 41.2. The zero-order valence-corrected chi connectivity index (χ0v) is 23.2. The number of methoxy groups -OCH3 is 1. The highest BCUT2D eigenvalue weighted by Gasteiger charge is 2.36. The molecule has 0 aliphatic heterocycles. The molecule has 0 fully saturated rings. The van der Waals surface area contributed by atoms with E-state index in [1.807, 2.05) is 6.26 Å². The molecule has 0 aliphatic carbocycles. The first-order chi connectivity index (χ1) is 18.0. The van der Waals surface area contributed by atoms with Crippen molar-refractivity contribution in [3.8, 4) is 11.5 Å². The Morgan fingerprint density at radius 2 is 1.68 bits per heavy atom. The zero-order valence-electron chi connectivity index (χ0n) is 22.4. The van der Waals surface area contributed by atoms with Crippen LogP contribution in [0, 0.1) is 0 Å². The average molecular weight is 548 g/mol. The van der Waals surface area contributed by atoms with Gasteiger partial charge in [-0.25, -0.2) is 4.79 Å². The summed E-state index contributed by atoms with van der Waals surface area (Å²) in [6.45, 7) is 4.55. The number of alkyl carbamates (subject to hydrolysis) is 1. The Hall–Kier alpha value is -3.44. The predicted octanol–water partition coefficient (Wildman–Crippen LogP) is 3.55. The van der Waals surface area contributed by atoms with Gasteiger partial charge in [-0.15, -0.1) is 0 Å². The minimum absolute atomic E-state index is 0.00691. The lowest BCUT2D eigenvalue weighted by Gasteiger charge is -2.34.